The van der Waals surface area contributed by atoms with Gasteiger partial charge in [-0.3, -0.25) is 9.69 Å². The van der Waals surface area contributed by atoms with Gasteiger partial charge in [-0.25, -0.2) is 0 Å². The van der Waals surface area contributed by atoms with E-state index in [-0.39, 0.29) is 0 Å². The molecule has 0 saturated carbocycles. The molecule has 0 atom stereocenters. The topological polar surface area (TPSA) is 20.3 Å². The van der Waals surface area contributed by atoms with Crippen LogP contribution in [0.1, 0.15) is 103 Å². The number of hydrogen-bond acceptors (Lipinski definition) is 2. The molecule has 0 aliphatic rings. The molecule has 0 N–H and O–H groups in total. The third-order valence-electron chi connectivity index (χ3n) is 6.02. The molecule has 0 bridgehead atoms. The fourth-order valence-corrected chi connectivity index (χ4v) is 3.91. The standard InChI is InChI=1S/C17H17F2N.C9H18O.C6H14/c1-12-7-6-9-15(11-12)14(3)20(17(18)19)16-10-5-4-8-13(16)2;1-4-6-9(7-5-2)8(3)10;1-3-5-6-4-2/h4-11,17H,3H2,1-2H3;9H,4-7H2,1-3H3;3-6H2,1-2H3. The van der Waals surface area contributed by atoms with Crippen molar-refractivity contribution in [2.75, 3.05) is 4.90 Å². The van der Waals surface area contributed by atoms with Crippen molar-refractivity contribution in [3.8, 4) is 0 Å². The Morgan fingerprint density at radius 2 is 1.42 bits per heavy atom. The van der Waals surface area contributed by atoms with E-state index in [0.717, 1.165) is 41.7 Å². The fourth-order valence-electron chi connectivity index (χ4n) is 3.91. The van der Waals surface area contributed by atoms with Crippen LogP contribution in [0.25, 0.3) is 5.70 Å². The van der Waals surface area contributed by atoms with E-state index in [0.29, 0.717) is 28.6 Å². The molecule has 4 heteroatoms. The highest BCUT2D eigenvalue weighted by atomic mass is 19.3. The van der Waals surface area contributed by atoms with Crippen LogP contribution in [0.5, 0.6) is 0 Å². The normalized spacial score (nSPS) is 10.3. The summed E-state index contributed by atoms with van der Waals surface area (Å²) in [6.07, 6.45) is 9.94. The summed E-state index contributed by atoms with van der Waals surface area (Å²) in [6.45, 7) is 15.4. The molecule has 0 aliphatic heterocycles. The number of para-hydroxylation sites is 1. The third-order valence-corrected chi connectivity index (χ3v) is 6.02. The molecule has 202 valence electrons. The van der Waals surface area contributed by atoms with E-state index < -0.39 is 6.55 Å². The minimum Gasteiger partial charge on any atom is -0.300 e. The molecule has 0 radical (unpaired) electrons. The molecule has 2 aromatic carbocycles. The first-order valence-corrected chi connectivity index (χ1v) is 13.5. The van der Waals surface area contributed by atoms with Crippen molar-refractivity contribution in [1.29, 1.82) is 0 Å². The lowest BCUT2D eigenvalue weighted by Crippen LogP contribution is -2.27. The van der Waals surface area contributed by atoms with Crippen molar-refractivity contribution in [1.82, 2.24) is 0 Å². The van der Waals surface area contributed by atoms with Gasteiger partial charge < -0.3 is 0 Å². The van der Waals surface area contributed by atoms with Gasteiger partial charge in [-0.1, -0.05) is 115 Å². The summed E-state index contributed by atoms with van der Waals surface area (Å²) in [5, 5.41) is 0. The summed E-state index contributed by atoms with van der Waals surface area (Å²) in [6, 6.07) is 14.5. The molecule has 0 heterocycles. The fraction of sp³-hybridized carbons (Fsp3) is 0.531. The van der Waals surface area contributed by atoms with E-state index in [1.807, 2.05) is 44.2 Å². The second-order valence-electron chi connectivity index (χ2n) is 9.34. The lowest BCUT2D eigenvalue weighted by molar-refractivity contribution is -0.121. The molecule has 0 unspecified atom stereocenters. The predicted octanol–water partition coefficient (Wildman–Crippen LogP) is 10.4. The van der Waals surface area contributed by atoms with Gasteiger partial charge in [0.25, 0.3) is 0 Å². The highest BCUT2D eigenvalue weighted by Gasteiger charge is 2.22. The second-order valence-corrected chi connectivity index (χ2v) is 9.34. The number of hydrogen-bond donors (Lipinski definition) is 0. The number of aryl methyl sites for hydroxylation is 2. The first kappa shape index (κ1) is 33.5. The molecule has 0 aliphatic carbocycles. The van der Waals surface area contributed by atoms with Gasteiger partial charge >= 0.3 is 6.55 Å². The van der Waals surface area contributed by atoms with Crippen molar-refractivity contribution in [2.24, 2.45) is 5.92 Å². The average molecular weight is 502 g/mol. The van der Waals surface area contributed by atoms with E-state index in [2.05, 4.69) is 34.3 Å². The molecule has 2 rings (SSSR count). The summed E-state index contributed by atoms with van der Waals surface area (Å²) < 4.78 is 26.9. The monoisotopic (exact) mass is 501 g/mol. The van der Waals surface area contributed by atoms with Crippen molar-refractivity contribution in [3.05, 3.63) is 71.8 Å². The van der Waals surface area contributed by atoms with E-state index in [1.165, 1.54) is 25.7 Å². The molecule has 0 spiro atoms. The molecule has 2 nitrogen and oxygen atoms in total. The summed E-state index contributed by atoms with van der Waals surface area (Å²) >= 11 is 0. The van der Waals surface area contributed by atoms with Crippen LogP contribution in [-0.2, 0) is 4.79 Å². The maximum atomic E-state index is 13.5. The van der Waals surface area contributed by atoms with E-state index in [9.17, 15) is 13.6 Å². The molecule has 0 aromatic heterocycles. The number of Topliss-reactive ketones (excluding diaryl/α,β-unsaturated/α-hetero) is 1. The first-order chi connectivity index (χ1) is 17.1. The predicted molar refractivity (Wildman–Crippen MR) is 154 cm³/mol. The number of unbranched alkanes of at least 4 members (excludes halogenated alkanes) is 3. The van der Waals surface area contributed by atoms with Crippen LogP contribution < -0.4 is 4.90 Å². The zero-order valence-electron chi connectivity index (χ0n) is 23.7. The van der Waals surface area contributed by atoms with E-state index in [1.54, 1.807) is 25.1 Å². The van der Waals surface area contributed by atoms with Gasteiger partial charge in [0, 0.05) is 17.3 Å². The van der Waals surface area contributed by atoms with Gasteiger partial charge in [0.1, 0.15) is 5.78 Å². The number of alkyl halides is 2. The van der Waals surface area contributed by atoms with Crippen molar-refractivity contribution in [2.45, 2.75) is 106 Å². The molecular formula is C32H49F2NO. The average Bonchev–Trinajstić information content (AvgIpc) is 2.84. The van der Waals surface area contributed by atoms with Crippen molar-refractivity contribution < 1.29 is 13.6 Å². The van der Waals surface area contributed by atoms with Gasteiger partial charge in [-0.05, 0) is 56.9 Å². The Morgan fingerprint density at radius 3 is 1.83 bits per heavy atom. The zero-order chi connectivity index (χ0) is 27.5. The largest absolute Gasteiger partial charge is 0.319 e. The number of benzene rings is 2. The van der Waals surface area contributed by atoms with Crippen LogP contribution in [0.15, 0.2) is 55.1 Å². The highest BCUT2D eigenvalue weighted by Crippen LogP contribution is 2.31. The first-order valence-electron chi connectivity index (χ1n) is 13.5. The van der Waals surface area contributed by atoms with Crippen LogP contribution in [0.3, 0.4) is 0 Å². The molecular weight excluding hydrogens is 452 g/mol. The van der Waals surface area contributed by atoms with E-state index >= 15 is 0 Å². The van der Waals surface area contributed by atoms with Crippen molar-refractivity contribution >= 4 is 17.2 Å². The van der Waals surface area contributed by atoms with Crippen molar-refractivity contribution in [3.63, 3.8) is 0 Å². The van der Waals surface area contributed by atoms with Gasteiger partial charge in [-0.15, -0.1) is 0 Å². The number of rotatable bonds is 12. The Kier molecular flexibility index (Phi) is 18.3. The number of carbonyl (C=O) groups excluding carboxylic acids is 1. The Hall–Kier alpha value is -2.49. The Balaban J connectivity index is 0.000000639. The maximum absolute atomic E-state index is 13.5. The minimum absolute atomic E-state index is 0.304. The number of halogens is 2. The van der Waals surface area contributed by atoms with Crippen LogP contribution >= 0.6 is 0 Å². The number of ketones is 1. The van der Waals surface area contributed by atoms with E-state index in [4.69, 9.17) is 0 Å². The van der Waals surface area contributed by atoms with Gasteiger partial charge in [-0.2, -0.15) is 8.78 Å². The molecule has 0 amide bonds. The third kappa shape index (κ3) is 13.0. The quantitative estimate of drug-likeness (QED) is 0.213. The van der Waals surface area contributed by atoms with Gasteiger partial charge in [0.15, 0.2) is 0 Å². The zero-order valence-corrected chi connectivity index (χ0v) is 23.7. The Morgan fingerprint density at radius 1 is 0.861 bits per heavy atom. The van der Waals surface area contributed by atoms with Crippen LogP contribution in [0.2, 0.25) is 0 Å². The van der Waals surface area contributed by atoms with Gasteiger partial charge in [0.05, 0.1) is 0 Å². The molecule has 0 saturated heterocycles. The number of anilines is 1. The lowest BCUT2D eigenvalue weighted by Gasteiger charge is -2.27. The Bertz CT molecular complexity index is 868. The summed E-state index contributed by atoms with van der Waals surface area (Å²) in [7, 11) is 0. The lowest BCUT2D eigenvalue weighted by atomic mass is 9.95. The smallest absolute Gasteiger partial charge is 0.300 e. The molecule has 36 heavy (non-hydrogen) atoms. The van der Waals surface area contributed by atoms with Crippen LogP contribution in [0.4, 0.5) is 14.5 Å². The summed E-state index contributed by atoms with van der Waals surface area (Å²) in [5.41, 5.74) is 3.30. The maximum Gasteiger partial charge on any atom is 0.319 e. The minimum atomic E-state index is -2.64. The second kappa shape index (κ2) is 19.7. The summed E-state index contributed by atoms with van der Waals surface area (Å²) in [4.78, 5) is 11.9. The molecule has 2 aromatic rings. The van der Waals surface area contributed by atoms with Gasteiger partial charge in [0.2, 0.25) is 0 Å². The number of nitrogens with zero attached hydrogens (tertiary/aromatic N) is 1. The highest BCUT2D eigenvalue weighted by molar-refractivity contribution is 5.79. The van der Waals surface area contributed by atoms with Crippen LogP contribution in [-0.4, -0.2) is 12.3 Å². The number of carbonyl (C=O) groups is 1. The van der Waals surface area contributed by atoms with Crippen LogP contribution in [0, 0.1) is 19.8 Å². The molecule has 0 fully saturated rings. The SMILES string of the molecule is C=C(c1cccc(C)c1)N(c1ccccc1C)C(F)F.CCCC(CCC)C(C)=O.CCCCCC. The summed E-state index contributed by atoms with van der Waals surface area (Å²) in [5.74, 6) is 0.707. The Labute approximate surface area is 219 Å².